The van der Waals surface area contributed by atoms with Crippen molar-refractivity contribution >= 4 is 11.4 Å². The first-order valence-electron chi connectivity index (χ1n) is 7.55. The summed E-state index contributed by atoms with van der Waals surface area (Å²) < 4.78 is 5.63. The summed E-state index contributed by atoms with van der Waals surface area (Å²) >= 11 is 0. The zero-order chi connectivity index (χ0) is 14.9. The highest BCUT2D eigenvalue weighted by Gasteiger charge is 1.96. The first-order valence-corrected chi connectivity index (χ1v) is 7.55. The molecule has 3 heteroatoms. The Morgan fingerprint density at radius 3 is 2.33 bits per heavy atom. The van der Waals surface area contributed by atoms with E-state index in [9.17, 15) is 0 Å². The van der Waals surface area contributed by atoms with E-state index in [0.717, 1.165) is 43.2 Å². The number of ether oxygens (including phenoxy) is 1. The van der Waals surface area contributed by atoms with E-state index in [2.05, 4.69) is 54.8 Å². The van der Waals surface area contributed by atoms with Crippen LogP contribution in [0.5, 0.6) is 5.75 Å². The maximum absolute atomic E-state index is 5.63. The molecule has 0 aromatic heterocycles. The Balaban J connectivity index is 1.74. The van der Waals surface area contributed by atoms with Gasteiger partial charge in [-0.15, -0.1) is 0 Å². The van der Waals surface area contributed by atoms with Crippen molar-refractivity contribution in [2.75, 3.05) is 30.3 Å². The lowest BCUT2D eigenvalue weighted by Crippen LogP contribution is -2.13. The molecule has 2 aromatic rings. The molecule has 0 aliphatic heterocycles. The number of hydrogen-bond acceptors (Lipinski definition) is 3. The first kappa shape index (κ1) is 15.2. The van der Waals surface area contributed by atoms with Crippen molar-refractivity contribution in [3.05, 3.63) is 54.1 Å². The van der Waals surface area contributed by atoms with Crippen LogP contribution >= 0.6 is 0 Å². The van der Waals surface area contributed by atoms with Crippen molar-refractivity contribution in [3.63, 3.8) is 0 Å². The lowest BCUT2D eigenvalue weighted by molar-refractivity contribution is 0.317. The molecule has 0 aliphatic carbocycles. The number of anilines is 2. The van der Waals surface area contributed by atoms with Crippen molar-refractivity contribution in [1.29, 1.82) is 0 Å². The van der Waals surface area contributed by atoms with Gasteiger partial charge < -0.3 is 15.4 Å². The van der Waals surface area contributed by atoms with Crippen LogP contribution in [0, 0.1) is 6.92 Å². The van der Waals surface area contributed by atoms with Gasteiger partial charge in [0.2, 0.25) is 0 Å². The summed E-state index contributed by atoms with van der Waals surface area (Å²) in [5, 5.41) is 6.80. The fourth-order valence-corrected chi connectivity index (χ4v) is 2.00. The second-order valence-electron chi connectivity index (χ2n) is 5.10. The zero-order valence-corrected chi connectivity index (χ0v) is 12.9. The molecule has 2 aromatic carbocycles. The molecular weight excluding hydrogens is 260 g/mol. The molecule has 0 heterocycles. The molecule has 21 heavy (non-hydrogen) atoms. The fourth-order valence-electron chi connectivity index (χ4n) is 2.00. The molecule has 0 saturated carbocycles. The second kappa shape index (κ2) is 8.20. The lowest BCUT2D eigenvalue weighted by Gasteiger charge is -2.11. The third-order valence-corrected chi connectivity index (χ3v) is 3.14. The summed E-state index contributed by atoms with van der Waals surface area (Å²) in [5.41, 5.74) is 3.53. The molecule has 0 saturated heterocycles. The highest BCUT2D eigenvalue weighted by molar-refractivity contribution is 5.49. The highest BCUT2D eigenvalue weighted by atomic mass is 16.5. The van der Waals surface area contributed by atoms with Crippen LogP contribution in [0.3, 0.4) is 0 Å². The normalized spacial score (nSPS) is 10.2. The number of hydrogen-bond donors (Lipinski definition) is 2. The number of rotatable bonds is 8. The van der Waals surface area contributed by atoms with E-state index in [1.165, 1.54) is 5.56 Å². The molecule has 0 atom stereocenters. The monoisotopic (exact) mass is 284 g/mol. The first-order chi connectivity index (χ1) is 10.3. The average Bonchev–Trinajstić information content (AvgIpc) is 2.52. The molecule has 0 unspecified atom stereocenters. The number of aryl methyl sites for hydroxylation is 1. The fraction of sp³-hybridized carbons (Fsp3) is 0.333. The van der Waals surface area contributed by atoms with Crippen molar-refractivity contribution in [2.45, 2.75) is 20.3 Å². The van der Waals surface area contributed by atoms with Crippen molar-refractivity contribution in [3.8, 4) is 5.75 Å². The van der Waals surface area contributed by atoms with Gasteiger partial charge in [-0.25, -0.2) is 0 Å². The van der Waals surface area contributed by atoms with Gasteiger partial charge in [0.25, 0.3) is 0 Å². The summed E-state index contributed by atoms with van der Waals surface area (Å²) in [6, 6.07) is 16.6. The van der Waals surface area contributed by atoms with E-state index in [0.29, 0.717) is 0 Å². The van der Waals surface area contributed by atoms with E-state index >= 15 is 0 Å². The van der Waals surface area contributed by atoms with Crippen LogP contribution in [0.15, 0.2) is 48.5 Å². The molecule has 2 N–H and O–H groups in total. The molecule has 0 radical (unpaired) electrons. The van der Waals surface area contributed by atoms with E-state index in [-0.39, 0.29) is 0 Å². The predicted molar refractivity (Wildman–Crippen MR) is 90.4 cm³/mol. The number of nitrogens with one attached hydrogen (secondary N) is 2. The van der Waals surface area contributed by atoms with Crippen molar-refractivity contribution < 1.29 is 4.74 Å². The van der Waals surface area contributed by atoms with E-state index < -0.39 is 0 Å². The zero-order valence-electron chi connectivity index (χ0n) is 12.9. The topological polar surface area (TPSA) is 33.3 Å². The maximum atomic E-state index is 5.63. The Bertz CT molecular complexity index is 537. The smallest absolute Gasteiger partial charge is 0.121 e. The molecule has 0 amide bonds. The maximum Gasteiger partial charge on any atom is 0.121 e. The minimum Gasteiger partial charge on any atom is -0.494 e. The molecule has 0 bridgehead atoms. The molecule has 0 aliphatic rings. The Hall–Kier alpha value is -2.16. The van der Waals surface area contributed by atoms with Gasteiger partial charge in [-0.1, -0.05) is 30.7 Å². The predicted octanol–water partition coefficient (Wildman–Crippen LogP) is 4.31. The standard InChI is InChI=1S/C18H24N2O/c1-3-13-21-18-6-4-5-17(14-18)20-12-11-19-16-9-7-15(2)8-10-16/h4-10,14,19-20H,3,11-13H2,1-2H3. The summed E-state index contributed by atoms with van der Waals surface area (Å²) in [7, 11) is 0. The van der Waals surface area contributed by atoms with Crippen LogP contribution in [0.1, 0.15) is 18.9 Å². The van der Waals surface area contributed by atoms with Crippen LogP contribution < -0.4 is 15.4 Å². The largest absolute Gasteiger partial charge is 0.494 e. The molecule has 2 rings (SSSR count). The van der Waals surface area contributed by atoms with Crippen LogP contribution in [0.2, 0.25) is 0 Å². The average molecular weight is 284 g/mol. The summed E-state index contributed by atoms with van der Waals surface area (Å²) in [4.78, 5) is 0. The molecular formula is C18H24N2O. The molecule has 0 spiro atoms. The van der Waals surface area contributed by atoms with E-state index in [4.69, 9.17) is 4.74 Å². The van der Waals surface area contributed by atoms with Gasteiger partial charge >= 0.3 is 0 Å². The summed E-state index contributed by atoms with van der Waals surface area (Å²) in [6.45, 7) is 6.71. The van der Waals surface area contributed by atoms with Gasteiger partial charge in [-0.05, 0) is 37.6 Å². The third kappa shape index (κ3) is 5.38. The Kier molecular flexibility index (Phi) is 5.95. The van der Waals surface area contributed by atoms with E-state index in [1.807, 2.05) is 18.2 Å². The summed E-state index contributed by atoms with van der Waals surface area (Å²) in [6.07, 6.45) is 1.03. The van der Waals surface area contributed by atoms with Crippen LogP contribution in [0.4, 0.5) is 11.4 Å². The van der Waals surface area contributed by atoms with Gasteiger partial charge in [-0.3, -0.25) is 0 Å². The van der Waals surface area contributed by atoms with Gasteiger partial charge in [0.05, 0.1) is 6.61 Å². The van der Waals surface area contributed by atoms with Gasteiger partial charge in [-0.2, -0.15) is 0 Å². The minimum absolute atomic E-state index is 0.762. The SMILES string of the molecule is CCCOc1cccc(NCCNc2ccc(C)cc2)c1. The van der Waals surface area contributed by atoms with Crippen molar-refractivity contribution in [1.82, 2.24) is 0 Å². The lowest BCUT2D eigenvalue weighted by atomic mass is 10.2. The summed E-state index contributed by atoms with van der Waals surface area (Å²) in [5.74, 6) is 0.924. The van der Waals surface area contributed by atoms with Gasteiger partial charge in [0.1, 0.15) is 5.75 Å². The van der Waals surface area contributed by atoms with Crippen molar-refractivity contribution in [2.24, 2.45) is 0 Å². The number of benzene rings is 2. The Labute approximate surface area is 127 Å². The van der Waals surface area contributed by atoms with Crippen LogP contribution in [-0.4, -0.2) is 19.7 Å². The Morgan fingerprint density at radius 2 is 1.62 bits per heavy atom. The minimum atomic E-state index is 0.762. The second-order valence-corrected chi connectivity index (χ2v) is 5.10. The molecule has 112 valence electrons. The molecule has 3 nitrogen and oxygen atoms in total. The quantitative estimate of drug-likeness (QED) is 0.709. The third-order valence-electron chi connectivity index (χ3n) is 3.14. The highest BCUT2D eigenvalue weighted by Crippen LogP contribution is 2.17. The Morgan fingerprint density at radius 1 is 0.905 bits per heavy atom. The van der Waals surface area contributed by atoms with Crippen LogP contribution in [0.25, 0.3) is 0 Å². The van der Waals surface area contributed by atoms with Crippen LogP contribution in [-0.2, 0) is 0 Å². The molecule has 0 fully saturated rings. The van der Waals surface area contributed by atoms with Gasteiger partial charge in [0.15, 0.2) is 0 Å². The van der Waals surface area contributed by atoms with Gasteiger partial charge in [0, 0.05) is 30.5 Å². The van der Waals surface area contributed by atoms with E-state index in [1.54, 1.807) is 0 Å².